The first-order chi connectivity index (χ1) is 15.0. The van der Waals surface area contributed by atoms with Crippen molar-refractivity contribution in [1.29, 1.82) is 0 Å². The Morgan fingerprint density at radius 2 is 1.74 bits per heavy atom. The topological polar surface area (TPSA) is 42.3 Å². The fourth-order valence-electron chi connectivity index (χ4n) is 4.39. The SMILES string of the molecule is COc1ccc(-n2nc(C)c(C3C=CC(NCc4ccc(N(C)C)cc4)C3)c2C)cc1. The number of rotatable bonds is 7. The Balaban J connectivity index is 1.42. The number of hydrogen-bond acceptors (Lipinski definition) is 4. The van der Waals surface area contributed by atoms with Crippen LogP contribution in [-0.4, -0.2) is 37.0 Å². The number of aryl methyl sites for hydroxylation is 1. The quantitative estimate of drug-likeness (QED) is 0.564. The largest absolute Gasteiger partial charge is 0.497 e. The molecule has 0 aliphatic heterocycles. The molecule has 2 atom stereocenters. The van der Waals surface area contributed by atoms with Crippen molar-refractivity contribution in [2.45, 2.75) is 38.8 Å². The zero-order valence-electron chi connectivity index (χ0n) is 19.1. The summed E-state index contributed by atoms with van der Waals surface area (Å²) in [4.78, 5) is 2.12. The van der Waals surface area contributed by atoms with E-state index in [1.807, 2.05) is 16.8 Å². The summed E-state index contributed by atoms with van der Waals surface area (Å²) in [6.45, 7) is 5.15. The predicted molar refractivity (Wildman–Crippen MR) is 127 cm³/mol. The molecule has 1 heterocycles. The molecule has 162 valence electrons. The van der Waals surface area contributed by atoms with Crippen molar-refractivity contribution >= 4 is 5.69 Å². The fourth-order valence-corrected chi connectivity index (χ4v) is 4.39. The second-order valence-corrected chi connectivity index (χ2v) is 8.47. The number of ether oxygens (including phenoxy) is 1. The minimum atomic E-state index is 0.377. The molecular formula is C26H32N4O. The molecule has 31 heavy (non-hydrogen) atoms. The third kappa shape index (κ3) is 4.52. The van der Waals surface area contributed by atoms with E-state index in [-0.39, 0.29) is 0 Å². The van der Waals surface area contributed by atoms with Crippen molar-refractivity contribution < 1.29 is 4.74 Å². The van der Waals surface area contributed by atoms with Crippen LogP contribution in [0.2, 0.25) is 0 Å². The standard InChI is InChI=1S/C26H32N4O/c1-18-26(19(2)30(28-18)24-12-14-25(31-5)15-13-24)21-8-9-22(16-21)27-17-20-6-10-23(11-7-20)29(3)4/h6-15,21-22,27H,16-17H2,1-5H3. The summed E-state index contributed by atoms with van der Waals surface area (Å²) in [5, 5.41) is 8.53. The van der Waals surface area contributed by atoms with Crippen molar-refractivity contribution in [1.82, 2.24) is 15.1 Å². The van der Waals surface area contributed by atoms with E-state index >= 15 is 0 Å². The van der Waals surface area contributed by atoms with Gasteiger partial charge < -0.3 is 15.0 Å². The molecule has 0 bridgehead atoms. The average molecular weight is 417 g/mol. The van der Waals surface area contributed by atoms with Gasteiger partial charge in [0.25, 0.3) is 0 Å². The lowest BCUT2D eigenvalue weighted by molar-refractivity contribution is 0.414. The van der Waals surface area contributed by atoms with Gasteiger partial charge in [-0.15, -0.1) is 0 Å². The van der Waals surface area contributed by atoms with Crippen LogP contribution >= 0.6 is 0 Å². The third-order valence-electron chi connectivity index (χ3n) is 6.14. The lowest BCUT2D eigenvalue weighted by atomic mass is 9.96. The molecule has 0 saturated carbocycles. The maximum Gasteiger partial charge on any atom is 0.119 e. The normalized spacial score (nSPS) is 17.8. The Kier molecular flexibility index (Phi) is 6.14. The molecule has 5 nitrogen and oxygen atoms in total. The second-order valence-electron chi connectivity index (χ2n) is 8.47. The summed E-state index contributed by atoms with van der Waals surface area (Å²) >= 11 is 0. The van der Waals surface area contributed by atoms with Gasteiger partial charge in [-0.05, 0) is 62.2 Å². The smallest absolute Gasteiger partial charge is 0.119 e. The Morgan fingerprint density at radius 3 is 2.39 bits per heavy atom. The first-order valence-corrected chi connectivity index (χ1v) is 10.8. The number of nitrogens with zero attached hydrogens (tertiary/aromatic N) is 3. The van der Waals surface area contributed by atoms with Gasteiger partial charge >= 0.3 is 0 Å². The lowest BCUT2D eigenvalue weighted by Gasteiger charge is -2.16. The van der Waals surface area contributed by atoms with Crippen LogP contribution in [0, 0.1) is 13.8 Å². The molecule has 0 radical (unpaired) electrons. The predicted octanol–water partition coefficient (Wildman–Crippen LogP) is 4.77. The number of hydrogen-bond donors (Lipinski definition) is 1. The van der Waals surface area contributed by atoms with Crippen molar-refractivity contribution in [2.75, 3.05) is 26.1 Å². The van der Waals surface area contributed by atoms with Crippen LogP contribution in [-0.2, 0) is 6.54 Å². The van der Waals surface area contributed by atoms with E-state index in [1.165, 1.54) is 22.5 Å². The molecule has 0 fully saturated rings. The minimum Gasteiger partial charge on any atom is -0.497 e. The molecule has 0 spiro atoms. The van der Waals surface area contributed by atoms with Crippen LogP contribution in [0.4, 0.5) is 5.69 Å². The summed E-state index contributed by atoms with van der Waals surface area (Å²) < 4.78 is 7.33. The van der Waals surface area contributed by atoms with Gasteiger partial charge in [-0.25, -0.2) is 4.68 Å². The molecule has 0 amide bonds. The second kappa shape index (κ2) is 8.98. The van der Waals surface area contributed by atoms with E-state index in [0.717, 1.165) is 30.1 Å². The van der Waals surface area contributed by atoms with Crippen molar-refractivity contribution in [2.24, 2.45) is 0 Å². The van der Waals surface area contributed by atoms with E-state index in [0.29, 0.717) is 12.0 Å². The van der Waals surface area contributed by atoms with Gasteiger partial charge in [0.05, 0.1) is 18.5 Å². The summed E-state index contributed by atoms with van der Waals surface area (Å²) in [5.41, 5.74) is 7.24. The maximum atomic E-state index is 5.28. The lowest BCUT2D eigenvalue weighted by Crippen LogP contribution is -2.25. The highest BCUT2D eigenvalue weighted by Gasteiger charge is 2.26. The molecule has 1 aliphatic rings. The summed E-state index contributed by atoms with van der Waals surface area (Å²) in [6.07, 6.45) is 5.70. The summed E-state index contributed by atoms with van der Waals surface area (Å²) in [5.74, 6) is 1.25. The van der Waals surface area contributed by atoms with Gasteiger partial charge in [-0.1, -0.05) is 24.3 Å². The Morgan fingerprint density at radius 1 is 1.03 bits per heavy atom. The summed E-state index contributed by atoms with van der Waals surface area (Å²) in [6, 6.07) is 17.2. The monoisotopic (exact) mass is 416 g/mol. The first kappa shape index (κ1) is 21.2. The van der Waals surface area contributed by atoms with E-state index in [9.17, 15) is 0 Å². The number of anilines is 1. The Labute approximate surface area is 185 Å². The highest BCUT2D eigenvalue weighted by atomic mass is 16.5. The van der Waals surface area contributed by atoms with E-state index in [4.69, 9.17) is 9.84 Å². The third-order valence-corrected chi connectivity index (χ3v) is 6.14. The molecule has 1 aromatic heterocycles. The molecule has 0 saturated heterocycles. The molecule has 3 aromatic rings. The van der Waals surface area contributed by atoms with Gasteiger partial charge in [0.2, 0.25) is 0 Å². The van der Waals surface area contributed by atoms with Gasteiger partial charge in [0.1, 0.15) is 5.75 Å². The molecule has 5 heteroatoms. The van der Waals surface area contributed by atoms with Crippen LogP contribution in [0.5, 0.6) is 5.75 Å². The molecular weight excluding hydrogens is 384 g/mol. The Hall–Kier alpha value is -3.05. The molecule has 2 aromatic carbocycles. The maximum absolute atomic E-state index is 5.28. The van der Waals surface area contributed by atoms with Crippen LogP contribution in [0.1, 0.15) is 34.9 Å². The molecule has 1 N–H and O–H groups in total. The van der Waals surface area contributed by atoms with Crippen molar-refractivity contribution in [3.63, 3.8) is 0 Å². The van der Waals surface area contributed by atoms with Gasteiger partial charge in [-0.3, -0.25) is 0 Å². The van der Waals surface area contributed by atoms with Gasteiger partial charge in [0.15, 0.2) is 0 Å². The number of nitrogens with one attached hydrogen (secondary N) is 1. The van der Waals surface area contributed by atoms with Crippen LogP contribution in [0.3, 0.4) is 0 Å². The highest BCUT2D eigenvalue weighted by molar-refractivity contribution is 5.46. The number of aromatic nitrogens is 2. The molecule has 4 rings (SSSR count). The van der Waals surface area contributed by atoms with Crippen LogP contribution < -0.4 is 15.0 Å². The van der Waals surface area contributed by atoms with Crippen molar-refractivity contribution in [3.8, 4) is 11.4 Å². The van der Waals surface area contributed by atoms with Crippen LogP contribution in [0.15, 0.2) is 60.7 Å². The Bertz CT molecular complexity index is 1050. The summed E-state index contributed by atoms with van der Waals surface area (Å²) in [7, 11) is 5.82. The van der Waals surface area contributed by atoms with Crippen molar-refractivity contribution in [3.05, 3.63) is 83.2 Å². The van der Waals surface area contributed by atoms with Gasteiger partial charge in [0, 0.05) is 49.5 Å². The average Bonchev–Trinajstić information content (AvgIpc) is 3.36. The minimum absolute atomic E-state index is 0.377. The van der Waals surface area contributed by atoms with Crippen LogP contribution in [0.25, 0.3) is 5.69 Å². The molecule has 1 aliphatic carbocycles. The highest BCUT2D eigenvalue weighted by Crippen LogP contribution is 2.34. The van der Waals surface area contributed by atoms with Gasteiger partial charge in [-0.2, -0.15) is 5.10 Å². The number of methoxy groups -OCH3 is 1. The fraction of sp³-hybridized carbons (Fsp3) is 0.346. The zero-order valence-corrected chi connectivity index (χ0v) is 19.1. The van der Waals surface area contributed by atoms with E-state index in [2.05, 4.69) is 86.7 Å². The van der Waals surface area contributed by atoms with E-state index in [1.54, 1.807) is 7.11 Å². The first-order valence-electron chi connectivity index (χ1n) is 10.8. The number of allylic oxidation sites excluding steroid dienone is 1. The van der Waals surface area contributed by atoms with E-state index < -0.39 is 0 Å². The zero-order chi connectivity index (χ0) is 22.0. The number of benzene rings is 2. The molecule has 2 unspecified atom stereocenters.